The number of nitrogens with zero attached hydrogens (tertiary/aromatic N) is 1. The number of hydrogen-bond acceptors (Lipinski definition) is 3. The Morgan fingerprint density at radius 1 is 1.45 bits per heavy atom. The highest BCUT2D eigenvalue weighted by Gasteiger charge is 2.28. The lowest BCUT2D eigenvalue weighted by molar-refractivity contribution is -0.132. The maximum Gasteiger partial charge on any atom is 0.225 e. The van der Waals surface area contributed by atoms with Gasteiger partial charge in [-0.3, -0.25) is 4.79 Å². The quantitative estimate of drug-likeness (QED) is 0.877. The van der Waals surface area contributed by atoms with E-state index in [1.807, 2.05) is 12.1 Å². The zero-order valence-electron chi connectivity index (χ0n) is 11.6. The van der Waals surface area contributed by atoms with E-state index in [2.05, 4.69) is 0 Å². The van der Waals surface area contributed by atoms with E-state index in [1.54, 1.807) is 24.1 Å². The molecule has 0 bridgehead atoms. The van der Waals surface area contributed by atoms with E-state index in [-0.39, 0.29) is 12.0 Å². The average molecular weight is 298 g/mol. The van der Waals surface area contributed by atoms with E-state index in [9.17, 15) is 9.90 Å². The largest absolute Gasteiger partial charge is 0.491 e. The van der Waals surface area contributed by atoms with Gasteiger partial charge in [-0.05, 0) is 30.9 Å². The van der Waals surface area contributed by atoms with Crippen LogP contribution in [0, 0.1) is 5.92 Å². The summed E-state index contributed by atoms with van der Waals surface area (Å²) >= 11 is 5.97. The van der Waals surface area contributed by atoms with Crippen molar-refractivity contribution in [2.75, 3.05) is 20.2 Å². The second-order valence-corrected chi connectivity index (χ2v) is 5.70. The van der Waals surface area contributed by atoms with E-state index in [0.29, 0.717) is 36.3 Å². The summed E-state index contributed by atoms with van der Waals surface area (Å²) in [5.74, 6) is 1.09. The van der Waals surface area contributed by atoms with Crippen molar-refractivity contribution in [2.45, 2.75) is 25.4 Å². The SMILES string of the molecule is CN(CC1CC(O)C1)C(=O)CCOc1ccccc1Cl. The number of rotatable bonds is 6. The predicted molar refractivity (Wildman–Crippen MR) is 77.9 cm³/mol. The number of amides is 1. The summed E-state index contributed by atoms with van der Waals surface area (Å²) in [6, 6.07) is 7.22. The summed E-state index contributed by atoms with van der Waals surface area (Å²) in [6.45, 7) is 1.03. The van der Waals surface area contributed by atoms with Crippen LogP contribution in [-0.4, -0.2) is 42.2 Å². The van der Waals surface area contributed by atoms with Crippen LogP contribution < -0.4 is 4.74 Å². The lowest BCUT2D eigenvalue weighted by atomic mass is 9.82. The Hall–Kier alpha value is -1.26. The van der Waals surface area contributed by atoms with Crippen molar-refractivity contribution < 1.29 is 14.6 Å². The van der Waals surface area contributed by atoms with Crippen molar-refractivity contribution in [3.63, 3.8) is 0 Å². The average Bonchev–Trinajstić information content (AvgIpc) is 2.39. The Balaban J connectivity index is 1.68. The molecule has 1 aromatic rings. The van der Waals surface area contributed by atoms with Crippen molar-refractivity contribution in [1.82, 2.24) is 4.90 Å². The molecule has 2 rings (SSSR count). The van der Waals surface area contributed by atoms with Crippen LogP contribution in [-0.2, 0) is 4.79 Å². The van der Waals surface area contributed by atoms with Crippen LogP contribution in [0.2, 0.25) is 5.02 Å². The lowest BCUT2D eigenvalue weighted by Gasteiger charge is -2.34. The first kappa shape index (κ1) is 15.1. The Bertz CT molecular complexity index is 460. The lowest BCUT2D eigenvalue weighted by Crippen LogP contribution is -2.39. The molecule has 4 nitrogen and oxygen atoms in total. The monoisotopic (exact) mass is 297 g/mol. The van der Waals surface area contributed by atoms with E-state index >= 15 is 0 Å². The van der Waals surface area contributed by atoms with Gasteiger partial charge < -0.3 is 14.7 Å². The zero-order chi connectivity index (χ0) is 14.5. The third-order valence-electron chi connectivity index (χ3n) is 3.58. The van der Waals surface area contributed by atoms with E-state index < -0.39 is 0 Å². The molecule has 0 saturated heterocycles. The molecule has 0 radical (unpaired) electrons. The summed E-state index contributed by atoms with van der Waals surface area (Å²) < 4.78 is 5.50. The molecule has 1 aromatic carbocycles. The zero-order valence-corrected chi connectivity index (χ0v) is 12.3. The van der Waals surface area contributed by atoms with Crippen LogP contribution in [0.25, 0.3) is 0 Å². The minimum Gasteiger partial charge on any atom is -0.491 e. The molecule has 110 valence electrons. The molecule has 0 spiro atoms. The van der Waals surface area contributed by atoms with Crippen molar-refractivity contribution >= 4 is 17.5 Å². The number of aliphatic hydroxyl groups is 1. The number of hydrogen-bond donors (Lipinski definition) is 1. The van der Waals surface area contributed by atoms with Crippen LogP contribution >= 0.6 is 11.6 Å². The maximum atomic E-state index is 11.9. The highest BCUT2D eigenvalue weighted by Crippen LogP contribution is 2.27. The van der Waals surface area contributed by atoms with Crippen molar-refractivity contribution in [3.8, 4) is 5.75 Å². The smallest absolute Gasteiger partial charge is 0.225 e. The van der Waals surface area contributed by atoms with Crippen molar-refractivity contribution in [1.29, 1.82) is 0 Å². The summed E-state index contributed by atoms with van der Waals surface area (Å²) in [4.78, 5) is 13.6. The highest BCUT2D eigenvalue weighted by molar-refractivity contribution is 6.32. The molecule has 20 heavy (non-hydrogen) atoms. The van der Waals surface area contributed by atoms with Gasteiger partial charge in [-0.25, -0.2) is 0 Å². The number of ether oxygens (including phenoxy) is 1. The topological polar surface area (TPSA) is 49.8 Å². The summed E-state index contributed by atoms with van der Waals surface area (Å²) in [5.41, 5.74) is 0. The molecule has 0 heterocycles. The third kappa shape index (κ3) is 4.12. The number of aliphatic hydroxyl groups excluding tert-OH is 1. The first-order valence-corrected chi connectivity index (χ1v) is 7.23. The molecule has 1 saturated carbocycles. The Morgan fingerprint density at radius 3 is 2.80 bits per heavy atom. The first-order chi connectivity index (χ1) is 9.56. The molecule has 0 aromatic heterocycles. The molecule has 1 aliphatic carbocycles. The first-order valence-electron chi connectivity index (χ1n) is 6.85. The summed E-state index contributed by atoms with van der Waals surface area (Å²) in [7, 11) is 1.79. The highest BCUT2D eigenvalue weighted by atomic mass is 35.5. The molecule has 0 unspecified atom stereocenters. The van der Waals surface area contributed by atoms with Crippen LogP contribution in [0.3, 0.4) is 0 Å². The van der Waals surface area contributed by atoms with Crippen LogP contribution in [0.4, 0.5) is 0 Å². The Morgan fingerprint density at radius 2 is 2.15 bits per heavy atom. The van der Waals surface area contributed by atoms with Gasteiger partial charge in [-0.2, -0.15) is 0 Å². The fraction of sp³-hybridized carbons (Fsp3) is 0.533. The molecule has 1 amide bonds. The van der Waals surface area contributed by atoms with Gasteiger partial charge in [0, 0.05) is 13.6 Å². The number of halogens is 1. The van der Waals surface area contributed by atoms with Gasteiger partial charge in [0.05, 0.1) is 24.2 Å². The molecular weight excluding hydrogens is 278 g/mol. The number of carbonyl (C=O) groups excluding carboxylic acids is 1. The van der Waals surface area contributed by atoms with Crippen LogP contribution in [0.1, 0.15) is 19.3 Å². The van der Waals surface area contributed by atoms with Gasteiger partial charge in [-0.15, -0.1) is 0 Å². The summed E-state index contributed by atoms with van der Waals surface area (Å²) in [6.07, 6.45) is 1.76. The van der Waals surface area contributed by atoms with Gasteiger partial charge in [0.1, 0.15) is 5.75 Å². The van der Waals surface area contributed by atoms with Gasteiger partial charge >= 0.3 is 0 Å². The standard InChI is InChI=1S/C15H20ClNO3/c1-17(10-11-8-12(18)9-11)15(19)6-7-20-14-5-3-2-4-13(14)16/h2-5,11-12,18H,6-10H2,1H3. The second kappa shape index (κ2) is 6.95. The Labute approximate surface area is 124 Å². The van der Waals surface area contributed by atoms with Gasteiger partial charge in [0.25, 0.3) is 0 Å². The molecule has 0 aliphatic heterocycles. The van der Waals surface area contributed by atoms with E-state index in [4.69, 9.17) is 16.3 Å². The van der Waals surface area contributed by atoms with Gasteiger partial charge in [0.15, 0.2) is 0 Å². The van der Waals surface area contributed by atoms with E-state index in [0.717, 1.165) is 12.8 Å². The second-order valence-electron chi connectivity index (χ2n) is 5.29. The molecule has 1 aliphatic rings. The fourth-order valence-corrected chi connectivity index (χ4v) is 2.53. The third-order valence-corrected chi connectivity index (χ3v) is 3.89. The summed E-state index contributed by atoms with van der Waals surface area (Å²) in [5, 5.41) is 9.78. The molecule has 1 N–H and O–H groups in total. The maximum absolute atomic E-state index is 11.9. The minimum absolute atomic E-state index is 0.0541. The van der Waals surface area contributed by atoms with E-state index in [1.165, 1.54) is 0 Å². The van der Waals surface area contributed by atoms with Crippen LogP contribution in [0.15, 0.2) is 24.3 Å². The molecule has 1 fully saturated rings. The van der Waals surface area contributed by atoms with Crippen molar-refractivity contribution in [2.24, 2.45) is 5.92 Å². The number of para-hydroxylation sites is 1. The molecule has 0 atom stereocenters. The Kier molecular flexibility index (Phi) is 5.26. The number of carbonyl (C=O) groups is 1. The van der Waals surface area contributed by atoms with Gasteiger partial charge in [0.2, 0.25) is 5.91 Å². The van der Waals surface area contributed by atoms with Gasteiger partial charge in [-0.1, -0.05) is 23.7 Å². The minimum atomic E-state index is -0.174. The van der Waals surface area contributed by atoms with Crippen molar-refractivity contribution in [3.05, 3.63) is 29.3 Å². The normalized spacial score (nSPS) is 21.1. The predicted octanol–water partition coefficient (Wildman–Crippen LogP) is 2.34. The molecular formula is C15H20ClNO3. The fourth-order valence-electron chi connectivity index (χ4n) is 2.34. The number of benzene rings is 1. The molecule has 5 heteroatoms. The van der Waals surface area contributed by atoms with Crippen LogP contribution in [0.5, 0.6) is 5.75 Å².